The van der Waals surface area contributed by atoms with Crippen molar-refractivity contribution in [2.75, 3.05) is 39.3 Å². The van der Waals surface area contributed by atoms with E-state index in [0.717, 1.165) is 11.1 Å². The fourth-order valence-corrected chi connectivity index (χ4v) is 4.74. The summed E-state index contributed by atoms with van der Waals surface area (Å²) in [5.74, 6) is -0.451. The van der Waals surface area contributed by atoms with Gasteiger partial charge >= 0.3 is 18.0 Å². The number of aryl methyl sites for hydroxylation is 1. The van der Waals surface area contributed by atoms with Crippen LogP contribution in [-0.2, 0) is 9.53 Å². The van der Waals surface area contributed by atoms with Gasteiger partial charge < -0.3 is 20.3 Å². The van der Waals surface area contributed by atoms with Gasteiger partial charge in [0.05, 0.1) is 18.2 Å². The van der Waals surface area contributed by atoms with Crippen LogP contribution in [0.3, 0.4) is 0 Å². The maximum Gasteiger partial charge on any atom is 0.338 e. The summed E-state index contributed by atoms with van der Waals surface area (Å²) >= 11 is 0. The molecule has 0 aromatic heterocycles. The second-order valence-corrected chi connectivity index (χ2v) is 10.7. The summed E-state index contributed by atoms with van der Waals surface area (Å²) < 4.78 is 5.47. The number of hydrogen-bond donors (Lipinski definition) is 2. The van der Waals surface area contributed by atoms with Crippen molar-refractivity contribution >= 4 is 18.0 Å². The lowest BCUT2D eigenvalue weighted by Crippen LogP contribution is -2.59. The van der Waals surface area contributed by atoms with Gasteiger partial charge in [0, 0.05) is 50.0 Å². The molecule has 2 atom stereocenters. The van der Waals surface area contributed by atoms with E-state index >= 15 is 0 Å². The number of carbonyl (C=O) groups excluding carboxylic acids is 3. The van der Waals surface area contributed by atoms with Crippen molar-refractivity contribution in [1.82, 2.24) is 25.3 Å². The van der Waals surface area contributed by atoms with Crippen LogP contribution in [0.4, 0.5) is 9.59 Å². The molecule has 4 amide bonds. The quantitative estimate of drug-likeness (QED) is 0.431. The molecule has 2 aliphatic heterocycles. The molecule has 37 heavy (non-hydrogen) atoms. The Morgan fingerprint density at radius 1 is 1.22 bits per heavy atom. The topological polar surface area (TPSA) is 94.2 Å². The van der Waals surface area contributed by atoms with Gasteiger partial charge in [-0.15, -0.1) is 6.58 Å². The Bertz CT molecular complexity index is 1040. The highest BCUT2D eigenvalue weighted by Gasteiger charge is 2.39. The molecule has 202 valence electrons. The minimum atomic E-state index is -0.625. The average molecular weight is 512 g/mol. The van der Waals surface area contributed by atoms with E-state index in [2.05, 4.69) is 22.1 Å². The summed E-state index contributed by atoms with van der Waals surface area (Å²) in [5.41, 5.74) is 2.61. The van der Waals surface area contributed by atoms with Crippen LogP contribution in [0.25, 0.3) is 0 Å². The number of piperazine rings is 1. The molecule has 0 aliphatic carbocycles. The first kappa shape index (κ1) is 28.2. The first-order chi connectivity index (χ1) is 17.4. The highest BCUT2D eigenvalue weighted by atomic mass is 16.5. The second-order valence-electron chi connectivity index (χ2n) is 10.7. The number of nitrogens with one attached hydrogen (secondary N) is 2. The fraction of sp³-hybridized carbons (Fsp3) is 0.536. The third kappa shape index (κ3) is 6.91. The zero-order chi connectivity index (χ0) is 27.3. The molecule has 9 nitrogen and oxygen atoms in total. The number of esters is 1. The van der Waals surface area contributed by atoms with E-state index in [0.29, 0.717) is 37.4 Å². The van der Waals surface area contributed by atoms with E-state index in [-0.39, 0.29) is 36.8 Å². The lowest BCUT2D eigenvalue weighted by Gasteiger charge is -2.43. The van der Waals surface area contributed by atoms with Gasteiger partial charge in [0.2, 0.25) is 0 Å². The summed E-state index contributed by atoms with van der Waals surface area (Å²) in [6.45, 7) is 18.1. The Balaban J connectivity index is 1.95. The highest BCUT2D eigenvalue weighted by molar-refractivity contribution is 5.95. The van der Waals surface area contributed by atoms with Crippen molar-refractivity contribution in [3.05, 3.63) is 59.3 Å². The van der Waals surface area contributed by atoms with Crippen LogP contribution in [0.15, 0.2) is 48.2 Å². The SMILES string of the molecule is C=CCN1C(=O)NC(c2ccc(C)cc2)C(C(=O)OCC)=C1CN1CCN(C(=O)NC(C)(C)C)C(C)C1. The van der Waals surface area contributed by atoms with Crippen LogP contribution < -0.4 is 10.6 Å². The minimum absolute atomic E-state index is 0.0408. The summed E-state index contributed by atoms with van der Waals surface area (Å²) in [7, 11) is 0. The summed E-state index contributed by atoms with van der Waals surface area (Å²) in [6, 6.07) is 6.73. The van der Waals surface area contributed by atoms with Gasteiger partial charge in [-0.25, -0.2) is 14.4 Å². The van der Waals surface area contributed by atoms with Crippen LogP contribution in [0.2, 0.25) is 0 Å². The van der Waals surface area contributed by atoms with Crippen molar-refractivity contribution in [2.45, 2.75) is 59.2 Å². The Morgan fingerprint density at radius 3 is 2.46 bits per heavy atom. The molecule has 2 heterocycles. The molecule has 2 unspecified atom stereocenters. The molecule has 2 aliphatic rings. The van der Waals surface area contributed by atoms with Crippen LogP contribution in [-0.4, -0.2) is 83.6 Å². The third-order valence-electron chi connectivity index (χ3n) is 6.48. The predicted molar refractivity (Wildman–Crippen MR) is 144 cm³/mol. The number of hydrogen-bond acceptors (Lipinski definition) is 5. The molecule has 3 rings (SSSR count). The fourth-order valence-electron chi connectivity index (χ4n) is 4.74. The normalized spacial score (nSPS) is 21.0. The maximum atomic E-state index is 13.3. The molecule has 1 aromatic carbocycles. The van der Waals surface area contributed by atoms with Gasteiger partial charge in [-0.2, -0.15) is 0 Å². The monoisotopic (exact) mass is 511 g/mol. The highest BCUT2D eigenvalue weighted by Crippen LogP contribution is 2.32. The smallest absolute Gasteiger partial charge is 0.338 e. The standard InChI is InChI=1S/C28H41N5O4/c1-8-14-33-22(18-31-15-16-32(20(4)17-31)27(36)30-28(5,6)7)23(25(34)37-9-2)24(29-26(33)35)21-12-10-19(3)11-13-21/h8,10-13,20,24H,1,9,14-18H2,2-7H3,(H,29,35)(H,30,36). The molecular formula is C28H41N5O4. The molecule has 0 spiro atoms. The van der Waals surface area contributed by atoms with Crippen molar-refractivity contribution in [3.63, 3.8) is 0 Å². The van der Waals surface area contributed by atoms with E-state index in [4.69, 9.17) is 4.74 Å². The van der Waals surface area contributed by atoms with E-state index < -0.39 is 12.0 Å². The summed E-state index contributed by atoms with van der Waals surface area (Å²) in [5, 5.41) is 6.03. The number of nitrogens with zero attached hydrogens (tertiary/aromatic N) is 3. The van der Waals surface area contributed by atoms with Crippen LogP contribution in [0, 0.1) is 6.92 Å². The zero-order valence-corrected chi connectivity index (χ0v) is 23.0. The van der Waals surface area contributed by atoms with E-state index in [1.54, 1.807) is 17.9 Å². The predicted octanol–water partition coefficient (Wildman–Crippen LogP) is 3.58. The molecule has 2 N–H and O–H groups in total. The number of benzene rings is 1. The van der Waals surface area contributed by atoms with Crippen molar-refractivity contribution in [3.8, 4) is 0 Å². The Hall–Kier alpha value is -3.33. The summed E-state index contributed by atoms with van der Waals surface area (Å²) in [4.78, 5) is 45.0. The first-order valence-corrected chi connectivity index (χ1v) is 12.9. The number of carbonyl (C=O) groups is 3. The molecule has 0 saturated carbocycles. The Labute approximate surface area is 220 Å². The van der Waals surface area contributed by atoms with Gasteiger partial charge in [0.15, 0.2) is 0 Å². The Kier molecular flexibility index (Phi) is 9.02. The Morgan fingerprint density at radius 2 is 1.89 bits per heavy atom. The summed E-state index contributed by atoms with van der Waals surface area (Å²) in [6.07, 6.45) is 1.64. The largest absolute Gasteiger partial charge is 0.463 e. The van der Waals surface area contributed by atoms with Gasteiger partial charge in [-0.05, 0) is 47.1 Å². The van der Waals surface area contributed by atoms with Crippen molar-refractivity contribution in [1.29, 1.82) is 0 Å². The molecular weight excluding hydrogens is 470 g/mol. The first-order valence-electron chi connectivity index (χ1n) is 12.9. The lowest BCUT2D eigenvalue weighted by molar-refractivity contribution is -0.139. The van der Waals surface area contributed by atoms with Gasteiger partial charge in [-0.3, -0.25) is 9.80 Å². The van der Waals surface area contributed by atoms with E-state index in [1.165, 1.54) is 0 Å². The number of urea groups is 2. The van der Waals surface area contributed by atoms with Crippen molar-refractivity contribution < 1.29 is 19.1 Å². The molecule has 1 saturated heterocycles. The van der Waals surface area contributed by atoms with Crippen LogP contribution in [0.1, 0.15) is 51.8 Å². The number of ether oxygens (including phenoxy) is 1. The van der Waals surface area contributed by atoms with E-state index in [9.17, 15) is 14.4 Å². The third-order valence-corrected chi connectivity index (χ3v) is 6.48. The molecule has 1 aromatic rings. The van der Waals surface area contributed by atoms with Crippen LogP contribution in [0.5, 0.6) is 0 Å². The zero-order valence-electron chi connectivity index (χ0n) is 23.0. The molecule has 0 bridgehead atoms. The average Bonchev–Trinajstić information content (AvgIpc) is 2.80. The van der Waals surface area contributed by atoms with Crippen molar-refractivity contribution in [2.24, 2.45) is 0 Å². The number of rotatable bonds is 7. The molecule has 9 heteroatoms. The van der Waals surface area contributed by atoms with Gasteiger partial charge in [0.25, 0.3) is 0 Å². The molecule has 0 radical (unpaired) electrons. The van der Waals surface area contributed by atoms with Gasteiger partial charge in [0.1, 0.15) is 0 Å². The van der Waals surface area contributed by atoms with E-state index in [1.807, 2.05) is 63.8 Å². The lowest BCUT2D eigenvalue weighted by atomic mass is 9.93. The van der Waals surface area contributed by atoms with Gasteiger partial charge in [-0.1, -0.05) is 35.9 Å². The number of amides is 4. The van der Waals surface area contributed by atoms with Crippen LogP contribution >= 0.6 is 0 Å². The molecule has 1 fully saturated rings. The minimum Gasteiger partial charge on any atom is -0.463 e. The second kappa shape index (κ2) is 11.8. The maximum absolute atomic E-state index is 13.3.